The number of hydrogen-bond donors (Lipinski definition) is 0. The van der Waals surface area contributed by atoms with Gasteiger partial charge in [0.2, 0.25) is 0 Å². The molecule has 2 aromatic rings. The summed E-state index contributed by atoms with van der Waals surface area (Å²) in [6.07, 6.45) is 0.110. The number of anilines is 1. The van der Waals surface area contributed by atoms with E-state index in [0.29, 0.717) is 27.9 Å². The number of rotatable bonds is 8. The second-order valence-corrected chi connectivity index (χ2v) is 8.41. The van der Waals surface area contributed by atoms with E-state index in [1.807, 2.05) is 0 Å². The maximum Gasteiger partial charge on any atom is 1.00 e. The molecule has 158 valence electrons. The standard InChI is InChI=1S/C19H19ClN4O5S.Na/c1-13-18(19(25)24(23-13)16-5-2-4-14(20)12-16)22-21-15-6-8-17(9-7-15)29-10-3-11-30(26,27)28;/h2,4-9,12,18H,3,10-11H2,1H3,(H,26,27,28);/q;+1/p-1. The van der Waals surface area contributed by atoms with E-state index in [1.165, 1.54) is 5.01 Å². The third-order valence-corrected chi connectivity index (χ3v) is 5.11. The number of nitrogens with zero attached hydrogens (tertiary/aromatic N) is 4. The molecule has 0 aromatic heterocycles. The van der Waals surface area contributed by atoms with E-state index in [1.54, 1.807) is 55.5 Å². The van der Waals surface area contributed by atoms with Crippen molar-refractivity contribution in [2.45, 2.75) is 19.4 Å². The van der Waals surface area contributed by atoms with Crippen LogP contribution in [0.5, 0.6) is 5.75 Å². The summed E-state index contributed by atoms with van der Waals surface area (Å²) in [6.45, 7) is 1.80. The van der Waals surface area contributed by atoms with E-state index in [2.05, 4.69) is 15.3 Å². The van der Waals surface area contributed by atoms with Gasteiger partial charge in [-0.05, 0) is 55.8 Å². The monoisotopic (exact) mass is 472 g/mol. The van der Waals surface area contributed by atoms with Crippen molar-refractivity contribution in [3.05, 3.63) is 53.6 Å². The van der Waals surface area contributed by atoms with Crippen LogP contribution in [0, 0.1) is 0 Å². The minimum absolute atomic E-state index is 0. The molecule has 0 N–H and O–H groups in total. The zero-order chi connectivity index (χ0) is 21.7. The number of hydrogen-bond acceptors (Lipinski definition) is 8. The van der Waals surface area contributed by atoms with Crippen LogP contribution in [0.2, 0.25) is 5.02 Å². The first kappa shape index (κ1) is 25.4. The smallest absolute Gasteiger partial charge is 0.748 e. The van der Waals surface area contributed by atoms with Gasteiger partial charge in [-0.2, -0.15) is 20.3 Å². The summed E-state index contributed by atoms with van der Waals surface area (Å²) in [5.41, 5.74) is 1.57. The summed E-state index contributed by atoms with van der Waals surface area (Å²) < 4.78 is 37.0. The fraction of sp³-hybridized carbons (Fsp3) is 0.263. The zero-order valence-electron chi connectivity index (χ0n) is 16.9. The summed E-state index contributed by atoms with van der Waals surface area (Å²) in [7, 11) is -4.24. The first-order chi connectivity index (χ1) is 14.2. The Kier molecular flexibility index (Phi) is 9.16. The molecule has 1 aliphatic rings. The molecule has 1 heterocycles. The van der Waals surface area contributed by atoms with E-state index < -0.39 is 21.9 Å². The number of ether oxygens (including phenoxy) is 1. The largest absolute Gasteiger partial charge is 1.00 e. The van der Waals surface area contributed by atoms with Crippen LogP contribution in [0.15, 0.2) is 63.9 Å². The maximum absolute atomic E-state index is 12.6. The molecule has 2 aromatic carbocycles. The number of halogens is 1. The Morgan fingerprint density at radius 1 is 1.23 bits per heavy atom. The molecule has 9 nitrogen and oxygen atoms in total. The molecule has 12 heteroatoms. The Hall–Kier alpha value is -1.82. The van der Waals surface area contributed by atoms with Crippen molar-refractivity contribution in [2.24, 2.45) is 15.3 Å². The van der Waals surface area contributed by atoms with E-state index in [4.69, 9.17) is 16.3 Å². The van der Waals surface area contributed by atoms with Crippen molar-refractivity contribution in [3.8, 4) is 5.75 Å². The Morgan fingerprint density at radius 2 is 1.94 bits per heavy atom. The maximum atomic E-state index is 12.6. The van der Waals surface area contributed by atoms with Gasteiger partial charge in [-0.15, -0.1) is 0 Å². The molecule has 0 bridgehead atoms. The SMILES string of the molecule is CC1=NN(c2cccc(Cl)c2)C(=O)C1N=Nc1ccc(OCCCS(=O)(=O)[O-])cc1.[Na+]. The van der Waals surface area contributed by atoms with Gasteiger partial charge in [-0.3, -0.25) is 4.79 Å². The van der Waals surface area contributed by atoms with Crippen LogP contribution in [-0.2, 0) is 14.9 Å². The van der Waals surface area contributed by atoms with Crippen molar-refractivity contribution >= 4 is 44.7 Å². The van der Waals surface area contributed by atoms with Crippen LogP contribution in [0.25, 0.3) is 0 Å². The molecular weight excluding hydrogens is 455 g/mol. The molecule has 0 spiro atoms. The molecule has 1 unspecified atom stereocenters. The normalized spacial score (nSPS) is 16.4. The van der Waals surface area contributed by atoms with Crippen LogP contribution < -0.4 is 39.3 Å². The van der Waals surface area contributed by atoms with E-state index >= 15 is 0 Å². The second-order valence-electron chi connectivity index (χ2n) is 6.45. The first-order valence-corrected chi connectivity index (χ1v) is 10.9. The average Bonchev–Trinajstić information content (AvgIpc) is 2.97. The summed E-state index contributed by atoms with van der Waals surface area (Å²) >= 11 is 5.98. The van der Waals surface area contributed by atoms with E-state index in [0.717, 1.165) is 0 Å². The summed E-state index contributed by atoms with van der Waals surface area (Å²) in [5, 5.41) is 14.2. The predicted octanol–water partition coefficient (Wildman–Crippen LogP) is 0.533. The zero-order valence-corrected chi connectivity index (χ0v) is 20.5. The number of carbonyl (C=O) groups excluding carboxylic acids is 1. The molecule has 1 aliphatic heterocycles. The fourth-order valence-corrected chi connectivity index (χ4v) is 3.30. The summed E-state index contributed by atoms with van der Waals surface area (Å²) in [5.74, 6) is -0.298. The van der Waals surface area contributed by atoms with Gasteiger partial charge in [-0.1, -0.05) is 17.7 Å². The summed E-state index contributed by atoms with van der Waals surface area (Å²) in [6, 6.07) is 12.5. The second kappa shape index (κ2) is 11.2. The Bertz CT molecular complexity index is 1090. The van der Waals surface area contributed by atoms with Gasteiger partial charge in [0.25, 0.3) is 5.91 Å². The molecule has 31 heavy (non-hydrogen) atoms. The van der Waals surface area contributed by atoms with Gasteiger partial charge in [0.05, 0.1) is 33.8 Å². The van der Waals surface area contributed by atoms with Gasteiger partial charge >= 0.3 is 29.6 Å². The topological polar surface area (TPSA) is 124 Å². The summed E-state index contributed by atoms with van der Waals surface area (Å²) in [4.78, 5) is 12.6. The van der Waals surface area contributed by atoms with Gasteiger partial charge in [0.15, 0.2) is 6.04 Å². The van der Waals surface area contributed by atoms with Gasteiger partial charge in [0.1, 0.15) is 5.75 Å². The van der Waals surface area contributed by atoms with Crippen LogP contribution >= 0.6 is 11.6 Å². The number of amides is 1. The van der Waals surface area contributed by atoms with Crippen molar-refractivity contribution in [2.75, 3.05) is 17.4 Å². The molecule has 0 fully saturated rings. The third-order valence-electron chi connectivity index (χ3n) is 4.08. The van der Waals surface area contributed by atoms with Crippen molar-refractivity contribution < 1.29 is 52.1 Å². The number of hydrazone groups is 1. The van der Waals surface area contributed by atoms with Crippen LogP contribution in [0.3, 0.4) is 0 Å². The Morgan fingerprint density at radius 3 is 2.58 bits per heavy atom. The molecule has 1 amide bonds. The van der Waals surface area contributed by atoms with E-state index in [-0.39, 0.29) is 48.5 Å². The third kappa shape index (κ3) is 7.37. The van der Waals surface area contributed by atoms with Crippen LogP contribution in [0.4, 0.5) is 11.4 Å². The molecule has 3 rings (SSSR count). The van der Waals surface area contributed by atoms with Crippen molar-refractivity contribution in [1.82, 2.24) is 0 Å². The van der Waals surface area contributed by atoms with Crippen LogP contribution in [0.1, 0.15) is 13.3 Å². The number of carbonyl (C=O) groups is 1. The minimum Gasteiger partial charge on any atom is -0.748 e. The average molecular weight is 473 g/mol. The van der Waals surface area contributed by atoms with Crippen molar-refractivity contribution in [1.29, 1.82) is 0 Å². The Labute approximate surface area is 207 Å². The molecule has 0 radical (unpaired) electrons. The molecule has 0 saturated heterocycles. The molecule has 0 aliphatic carbocycles. The number of benzene rings is 2. The molecule has 0 saturated carbocycles. The molecule has 1 atom stereocenters. The quantitative estimate of drug-likeness (QED) is 0.240. The predicted molar refractivity (Wildman–Crippen MR) is 111 cm³/mol. The van der Waals surface area contributed by atoms with Crippen molar-refractivity contribution in [3.63, 3.8) is 0 Å². The van der Waals surface area contributed by atoms with Gasteiger partial charge < -0.3 is 9.29 Å². The van der Waals surface area contributed by atoms with Gasteiger partial charge in [0, 0.05) is 10.8 Å². The molecular formula is C19H18ClN4NaO5S. The minimum atomic E-state index is -4.24. The fourth-order valence-electron chi connectivity index (χ4n) is 2.64. The van der Waals surface area contributed by atoms with Crippen LogP contribution in [-0.4, -0.2) is 43.0 Å². The first-order valence-electron chi connectivity index (χ1n) is 8.95. The Balaban J connectivity index is 0.00000341. The van der Waals surface area contributed by atoms with E-state index in [9.17, 15) is 17.8 Å². The number of azo groups is 1. The van der Waals surface area contributed by atoms with Gasteiger partial charge in [-0.25, -0.2) is 8.42 Å².